The molecule has 14 heavy (non-hydrogen) atoms. The van der Waals surface area contributed by atoms with Crippen molar-refractivity contribution in [2.45, 2.75) is 37.3 Å². The third kappa shape index (κ3) is 1.23. The van der Waals surface area contributed by atoms with Crippen LogP contribution in [0, 0.1) is 5.95 Å². The SMILES string of the molecule is Fc1ccc(C2CC3CCC2N3)cn1. The van der Waals surface area contributed by atoms with Crippen LogP contribution in [0.3, 0.4) is 0 Å². The van der Waals surface area contributed by atoms with E-state index in [0.29, 0.717) is 18.0 Å². The number of rotatable bonds is 1. The molecule has 74 valence electrons. The monoisotopic (exact) mass is 192 g/mol. The van der Waals surface area contributed by atoms with Gasteiger partial charge in [0.25, 0.3) is 0 Å². The van der Waals surface area contributed by atoms with Crippen molar-refractivity contribution < 1.29 is 4.39 Å². The molecule has 0 saturated carbocycles. The average molecular weight is 192 g/mol. The summed E-state index contributed by atoms with van der Waals surface area (Å²) in [6, 6.07) is 4.62. The molecule has 0 radical (unpaired) electrons. The van der Waals surface area contributed by atoms with Crippen LogP contribution < -0.4 is 5.32 Å². The number of hydrogen-bond acceptors (Lipinski definition) is 2. The van der Waals surface area contributed by atoms with Crippen molar-refractivity contribution in [2.24, 2.45) is 0 Å². The smallest absolute Gasteiger partial charge is 0.212 e. The van der Waals surface area contributed by atoms with Crippen LogP contribution in [0.1, 0.15) is 30.7 Å². The van der Waals surface area contributed by atoms with Gasteiger partial charge in [0.2, 0.25) is 5.95 Å². The summed E-state index contributed by atoms with van der Waals surface area (Å²) in [5.41, 5.74) is 1.19. The zero-order valence-electron chi connectivity index (χ0n) is 7.91. The van der Waals surface area contributed by atoms with Crippen LogP contribution in [0.25, 0.3) is 0 Å². The van der Waals surface area contributed by atoms with Crippen molar-refractivity contribution >= 4 is 0 Å². The maximum Gasteiger partial charge on any atom is 0.212 e. The minimum Gasteiger partial charge on any atom is -0.311 e. The first-order chi connectivity index (χ1) is 6.83. The normalized spacial score (nSPS) is 35.1. The number of fused-ring (bicyclic) bond motifs is 2. The molecule has 0 aromatic carbocycles. The van der Waals surface area contributed by atoms with Gasteiger partial charge in [0.15, 0.2) is 0 Å². The maximum atomic E-state index is 12.6. The van der Waals surface area contributed by atoms with E-state index in [0.717, 1.165) is 0 Å². The number of halogens is 1. The van der Waals surface area contributed by atoms with Gasteiger partial charge in [0.05, 0.1) is 0 Å². The fraction of sp³-hybridized carbons (Fsp3) is 0.545. The van der Waals surface area contributed by atoms with Gasteiger partial charge in [-0.25, -0.2) is 4.98 Å². The molecule has 2 fully saturated rings. The lowest BCUT2D eigenvalue weighted by Gasteiger charge is -2.19. The third-order valence-electron chi connectivity index (χ3n) is 3.48. The van der Waals surface area contributed by atoms with Crippen LogP contribution in [-0.2, 0) is 0 Å². The van der Waals surface area contributed by atoms with Crippen molar-refractivity contribution in [1.82, 2.24) is 10.3 Å². The van der Waals surface area contributed by atoms with Gasteiger partial charge in [-0.1, -0.05) is 6.07 Å². The fourth-order valence-corrected chi connectivity index (χ4v) is 2.80. The van der Waals surface area contributed by atoms with Crippen molar-refractivity contribution in [3.8, 4) is 0 Å². The first-order valence-electron chi connectivity index (χ1n) is 5.20. The van der Waals surface area contributed by atoms with E-state index in [-0.39, 0.29) is 5.95 Å². The highest BCUT2D eigenvalue weighted by Crippen LogP contribution is 2.39. The molecular weight excluding hydrogens is 179 g/mol. The van der Waals surface area contributed by atoms with Gasteiger partial charge in [-0.2, -0.15) is 4.39 Å². The predicted molar refractivity (Wildman–Crippen MR) is 51.5 cm³/mol. The molecule has 3 heterocycles. The number of pyridine rings is 1. The molecule has 2 aliphatic rings. The lowest BCUT2D eigenvalue weighted by Crippen LogP contribution is -2.21. The Balaban J connectivity index is 1.86. The van der Waals surface area contributed by atoms with Crippen molar-refractivity contribution in [1.29, 1.82) is 0 Å². The Hall–Kier alpha value is -0.960. The van der Waals surface area contributed by atoms with Crippen LogP contribution in [0.4, 0.5) is 4.39 Å². The number of nitrogens with one attached hydrogen (secondary N) is 1. The molecule has 3 atom stereocenters. The number of hydrogen-bond donors (Lipinski definition) is 1. The Labute approximate surface area is 82.5 Å². The summed E-state index contributed by atoms with van der Waals surface area (Å²) in [7, 11) is 0. The van der Waals surface area contributed by atoms with Gasteiger partial charge < -0.3 is 5.32 Å². The molecule has 1 aromatic rings. The first kappa shape index (κ1) is 8.36. The van der Waals surface area contributed by atoms with E-state index in [1.54, 1.807) is 6.20 Å². The van der Waals surface area contributed by atoms with Gasteiger partial charge in [-0.05, 0) is 30.9 Å². The molecule has 3 rings (SSSR count). The highest BCUT2D eigenvalue weighted by atomic mass is 19.1. The lowest BCUT2D eigenvalue weighted by atomic mass is 9.85. The van der Waals surface area contributed by atoms with Crippen LogP contribution in [-0.4, -0.2) is 17.1 Å². The van der Waals surface area contributed by atoms with Crippen LogP contribution in [0.5, 0.6) is 0 Å². The van der Waals surface area contributed by atoms with Crippen LogP contribution in [0.2, 0.25) is 0 Å². The van der Waals surface area contributed by atoms with E-state index >= 15 is 0 Å². The van der Waals surface area contributed by atoms with E-state index < -0.39 is 0 Å². The standard InChI is InChI=1S/C11H13FN2/c12-11-4-1-7(6-13-11)9-5-8-2-3-10(9)14-8/h1,4,6,8-10,14H,2-3,5H2. The topological polar surface area (TPSA) is 24.9 Å². The molecular formula is C11H13FN2. The summed E-state index contributed by atoms with van der Waals surface area (Å²) in [5.74, 6) is 0.173. The molecule has 0 amide bonds. The summed E-state index contributed by atoms with van der Waals surface area (Å²) in [6.07, 6.45) is 5.43. The van der Waals surface area contributed by atoms with Crippen molar-refractivity contribution in [3.05, 3.63) is 29.8 Å². The summed E-state index contributed by atoms with van der Waals surface area (Å²) >= 11 is 0. The molecule has 2 aliphatic heterocycles. The molecule has 1 N–H and O–H groups in total. The van der Waals surface area contributed by atoms with Gasteiger partial charge in [-0.3, -0.25) is 0 Å². The zero-order chi connectivity index (χ0) is 9.54. The Bertz CT molecular complexity index is 336. The summed E-state index contributed by atoms with van der Waals surface area (Å²) in [6.45, 7) is 0. The van der Waals surface area contributed by atoms with Gasteiger partial charge in [0, 0.05) is 24.2 Å². The van der Waals surface area contributed by atoms with Crippen LogP contribution in [0.15, 0.2) is 18.3 Å². The molecule has 0 aliphatic carbocycles. The predicted octanol–water partition coefficient (Wildman–Crippen LogP) is 1.83. The van der Waals surface area contributed by atoms with E-state index in [2.05, 4.69) is 10.3 Å². The van der Waals surface area contributed by atoms with Gasteiger partial charge >= 0.3 is 0 Å². The highest BCUT2D eigenvalue weighted by molar-refractivity contribution is 5.22. The minimum absolute atomic E-state index is 0.384. The lowest BCUT2D eigenvalue weighted by molar-refractivity contribution is 0.502. The summed E-state index contributed by atoms with van der Waals surface area (Å²) < 4.78 is 12.6. The van der Waals surface area contributed by atoms with Crippen molar-refractivity contribution in [2.75, 3.05) is 0 Å². The van der Waals surface area contributed by atoms with E-state index in [9.17, 15) is 4.39 Å². The Kier molecular flexibility index (Phi) is 1.80. The zero-order valence-corrected chi connectivity index (χ0v) is 7.91. The molecule has 2 saturated heterocycles. The molecule has 1 aromatic heterocycles. The molecule has 3 heteroatoms. The summed E-state index contributed by atoms with van der Waals surface area (Å²) in [5, 5.41) is 3.57. The molecule has 0 spiro atoms. The Morgan fingerprint density at radius 1 is 1.36 bits per heavy atom. The highest BCUT2D eigenvalue weighted by Gasteiger charge is 2.39. The second-order valence-corrected chi connectivity index (χ2v) is 4.30. The van der Waals surface area contributed by atoms with E-state index in [1.807, 2.05) is 6.07 Å². The first-order valence-corrected chi connectivity index (χ1v) is 5.20. The third-order valence-corrected chi connectivity index (χ3v) is 3.48. The second-order valence-electron chi connectivity index (χ2n) is 4.30. The van der Waals surface area contributed by atoms with Crippen molar-refractivity contribution in [3.63, 3.8) is 0 Å². The molecule has 2 nitrogen and oxygen atoms in total. The quantitative estimate of drug-likeness (QED) is 0.687. The largest absolute Gasteiger partial charge is 0.311 e. The van der Waals surface area contributed by atoms with E-state index in [1.165, 1.54) is 30.9 Å². The second kappa shape index (κ2) is 3.02. The molecule has 3 unspecified atom stereocenters. The molecule has 2 bridgehead atoms. The Morgan fingerprint density at radius 2 is 2.29 bits per heavy atom. The maximum absolute atomic E-state index is 12.6. The van der Waals surface area contributed by atoms with Gasteiger partial charge in [-0.15, -0.1) is 0 Å². The van der Waals surface area contributed by atoms with E-state index in [4.69, 9.17) is 0 Å². The summed E-state index contributed by atoms with van der Waals surface area (Å²) in [4.78, 5) is 3.71. The van der Waals surface area contributed by atoms with Gasteiger partial charge in [0.1, 0.15) is 0 Å². The fourth-order valence-electron chi connectivity index (χ4n) is 2.80. The minimum atomic E-state index is -0.384. The number of nitrogens with zero attached hydrogens (tertiary/aromatic N) is 1. The Morgan fingerprint density at radius 3 is 2.86 bits per heavy atom. The van der Waals surface area contributed by atoms with Crippen LogP contribution >= 0.6 is 0 Å². The average Bonchev–Trinajstić information content (AvgIpc) is 2.80. The number of aromatic nitrogens is 1.